The lowest BCUT2D eigenvalue weighted by Crippen LogP contribution is -2.52. The van der Waals surface area contributed by atoms with Gasteiger partial charge < -0.3 is 10.2 Å². The Morgan fingerprint density at radius 3 is 2.17 bits per heavy atom. The van der Waals surface area contributed by atoms with Gasteiger partial charge in [0.2, 0.25) is 11.8 Å². The van der Waals surface area contributed by atoms with Crippen molar-refractivity contribution < 1.29 is 14.0 Å². The molecule has 0 radical (unpaired) electrons. The molecule has 1 N–H and O–H groups in total. The summed E-state index contributed by atoms with van der Waals surface area (Å²) in [5.41, 5.74) is 2.18. The van der Waals surface area contributed by atoms with Crippen LogP contribution in [-0.2, 0) is 29.0 Å². The van der Waals surface area contributed by atoms with Gasteiger partial charge in [-0.3, -0.25) is 9.59 Å². The normalized spacial score (nSPS) is 14.4. The molecule has 4 nitrogen and oxygen atoms in total. The zero-order valence-corrected chi connectivity index (χ0v) is 21.4. The van der Waals surface area contributed by atoms with Gasteiger partial charge in [0.25, 0.3) is 0 Å². The molecule has 0 aliphatic heterocycles. The van der Waals surface area contributed by atoms with Crippen LogP contribution >= 0.6 is 23.2 Å². The van der Waals surface area contributed by atoms with E-state index in [1.165, 1.54) is 12.1 Å². The topological polar surface area (TPSA) is 49.4 Å². The van der Waals surface area contributed by atoms with Crippen molar-refractivity contribution in [3.05, 3.63) is 105 Å². The van der Waals surface area contributed by atoms with Gasteiger partial charge in [-0.2, -0.15) is 0 Å². The summed E-state index contributed by atoms with van der Waals surface area (Å²) in [7, 11) is 0. The highest BCUT2D eigenvalue weighted by atomic mass is 35.5. The number of rotatable bonds is 9. The molecule has 0 heterocycles. The van der Waals surface area contributed by atoms with Crippen LogP contribution in [-0.4, -0.2) is 28.8 Å². The van der Waals surface area contributed by atoms with Crippen molar-refractivity contribution in [3.63, 3.8) is 0 Å². The summed E-state index contributed by atoms with van der Waals surface area (Å²) in [6, 6.07) is 20.1. The molecular weight excluding hydrogens is 498 g/mol. The lowest BCUT2D eigenvalue weighted by atomic mass is 10.0. The molecule has 0 spiro atoms. The first-order valence-corrected chi connectivity index (χ1v) is 13.0. The van der Waals surface area contributed by atoms with Crippen LogP contribution in [0.5, 0.6) is 0 Å². The Bertz CT molecular complexity index is 1160. The summed E-state index contributed by atoms with van der Waals surface area (Å²) in [5, 5.41) is 3.96. The molecule has 36 heavy (non-hydrogen) atoms. The summed E-state index contributed by atoms with van der Waals surface area (Å²) in [6.07, 6.45) is 4.33. The van der Waals surface area contributed by atoms with E-state index in [9.17, 15) is 14.0 Å². The molecule has 0 saturated heterocycles. The first kappa shape index (κ1) is 26.2. The molecule has 1 aliphatic carbocycles. The van der Waals surface area contributed by atoms with Crippen LogP contribution in [0.25, 0.3) is 0 Å². The van der Waals surface area contributed by atoms with E-state index in [2.05, 4.69) is 5.32 Å². The summed E-state index contributed by atoms with van der Waals surface area (Å²) >= 11 is 12.7. The monoisotopic (exact) mass is 526 g/mol. The number of nitrogens with zero attached hydrogens (tertiary/aromatic N) is 1. The smallest absolute Gasteiger partial charge is 0.243 e. The Labute approximate surface area is 221 Å². The molecule has 188 valence electrons. The zero-order chi connectivity index (χ0) is 25.5. The number of nitrogens with one attached hydrogen (secondary N) is 1. The average molecular weight is 527 g/mol. The fourth-order valence-corrected chi connectivity index (χ4v) is 5.19. The second kappa shape index (κ2) is 12.4. The number of amides is 2. The van der Waals surface area contributed by atoms with E-state index in [1.54, 1.807) is 35.2 Å². The number of hydrogen-bond donors (Lipinski definition) is 1. The van der Waals surface area contributed by atoms with Gasteiger partial charge in [0, 0.05) is 29.1 Å². The van der Waals surface area contributed by atoms with Crippen LogP contribution in [0.4, 0.5) is 4.39 Å². The summed E-state index contributed by atoms with van der Waals surface area (Å²) in [4.78, 5) is 29.1. The van der Waals surface area contributed by atoms with Gasteiger partial charge >= 0.3 is 0 Å². The minimum absolute atomic E-state index is 0.0539. The van der Waals surface area contributed by atoms with Crippen LogP contribution in [0.3, 0.4) is 0 Å². The van der Waals surface area contributed by atoms with E-state index in [0.717, 1.165) is 36.8 Å². The molecule has 3 aromatic rings. The van der Waals surface area contributed by atoms with Crippen LogP contribution in [0.2, 0.25) is 10.0 Å². The Kier molecular flexibility index (Phi) is 9.00. The summed E-state index contributed by atoms with van der Waals surface area (Å²) < 4.78 is 13.6. The molecule has 1 atom stereocenters. The molecule has 0 bridgehead atoms. The van der Waals surface area contributed by atoms with E-state index >= 15 is 0 Å². The van der Waals surface area contributed by atoms with Gasteiger partial charge in [0.1, 0.15) is 11.9 Å². The SMILES string of the molecule is O=C(NC1CCCC1)C(Cc1ccccc1)N(Cc1ccc(F)cc1)C(=O)Cc1c(Cl)cccc1Cl. The molecule has 1 unspecified atom stereocenters. The van der Waals surface area contributed by atoms with Crippen LogP contribution in [0, 0.1) is 5.82 Å². The summed E-state index contributed by atoms with van der Waals surface area (Å²) in [6.45, 7) is 0.150. The highest BCUT2D eigenvalue weighted by Crippen LogP contribution is 2.27. The van der Waals surface area contributed by atoms with E-state index < -0.39 is 6.04 Å². The Morgan fingerprint density at radius 1 is 0.889 bits per heavy atom. The predicted octanol–water partition coefficient (Wildman–Crippen LogP) is 6.37. The van der Waals surface area contributed by atoms with Crippen molar-refractivity contribution in [1.29, 1.82) is 0 Å². The summed E-state index contributed by atoms with van der Waals surface area (Å²) in [5.74, 6) is -0.831. The molecule has 1 fully saturated rings. The number of carbonyl (C=O) groups is 2. The number of hydrogen-bond acceptors (Lipinski definition) is 2. The van der Waals surface area contributed by atoms with Crippen LogP contribution < -0.4 is 5.32 Å². The molecule has 4 rings (SSSR count). The van der Waals surface area contributed by atoms with Crippen molar-refractivity contribution in [2.75, 3.05) is 0 Å². The Hall–Kier alpha value is -2.89. The first-order valence-electron chi connectivity index (χ1n) is 12.2. The van der Waals surface area contributed by atoms with Crippen LogP contribution in [0.1, 0.15) is 42.4 Å². The van der Waals surface area contributed by atoms with Crippen molar-refractivity contribution in [2.45, 2.75) is 57.2 Å². The van der Waals surface area contributed by atoms with Crippen molar-refractivity contribution >= 4 is 35.0 Å². The molecule has 2 amide bonds. The van der Waals surface area contributed by atoms with Gasteiger partial charge in [0.15, 0.2) is 0 Å². The van der Waals surface area contributed by atoms with Gasteiger partial charge in [-0.05, 0) is 53.8 Å². The van der Waals surface area contributed by atoms with Gasteiger partial charge in [0.05, 0.1) is 6.42 Å². The van der Waals surface area contributed by atoms with E-state index in [0.29, 0.717) is 22.0 Å². The highest BCUT2D eigenvalue weighted by molar-refractivity contribution is 6.36. The van der Waals surface area contributed by atoms with Gasteiger partial charge in [-0.25, -0.2) is 4.39 Å². The fourth-order valence-electron chi connectivity index (χ4n) is 4.66. The third-order valence-corrected chi connectivity index (χ3v) is 7.34. The van der Waals surface area contributed by atoms with E-state index in [1.807, 2.05) is 30.3 Å². The third-order valence-electron chi connectivity index (χ3n) is 6.63. The van der Waals surface area contributed by atoms with Crippen molar-refractivity contribution in [3.8, 4) is 0 Å². The molecular formula is C29H29Cl2FN2O2. The number of benzene rings is 3. The minimum Gasteiger partial charge on any atom is -0.352 e. The average Bonchev–Trinajstić information content (AvgIpc) is 3.38. The lowest BCUT2D eigenvalue weighted by molar-refractivity contribution is -0.141. The second-order valence-electron chi connectivity index (χ2n) is 9.22. The molecule has 1 aliphatic rings. The van der Waals surface area contributed by atoms with Gasteiger partial charge in [-0.15, -0.1) is 0 Å². The maximum atomic E-state index is 13.8. The second-order valence-corrected chi connectivity index (χ2v) is 10.0. The maximum Gasteiger partial charge on any atom is 0.243 e. The largest absolute Gasteiger partial charge is 0.352 e. The number of halogens is 3. The fraction of sp³-hybridized carbons (Fsp3) is 0.310. The zero-order valence-electron chi connectivity index (χ0n) is 19.9. The first-order chi connectivity index (χ1) is 17.4. The molecule has 1 saturated carbocycles. The quantitative estimate of drug-likeness (QED) is 0.352. The van der Waals surface area contributed by atoms with Crippen molar-refractivity contribution in [2.24, 2.45) is 0 Å². The highest BCUT2D eigenvalue weighted by Gasteiger charge is 2.32. The predicted molar refractivity (Wildman–Crippen MR) is 141 cm³/mol. The maximum absolute atomic E-state index is 13.8. The van der Waals surface area contributed by atoms with Crippen molar-refractivity contribution in [1.82, 2.24) is 10.2 Å². The third kappa shape index (κ3) is 6.86. The Balaban J connectivity index is 1.68. The van der Waals surface area contributed by atoms with Crippen LogP contribution in [0.15, 0.2) is 72.8 Å². The van der Waals surface area contributed by atoms with E-state index in [4.69, 9.17) is 23.2 Å². The minimum atomic E-state index is -0.758. The molecule has 3 aromatic carbocycles. The van der Waals surface area contributed by atoms with Gasteiger partial charge in [-0.1, -0.05) is 84.6 Å². The molecule has 7 heteroatoms. The lowest BCUT2D eigenvalue weighted by Gasteiger charge is -2.32. The number of carbonyl (C=O) groups excluding carboxylic acids is 2. The Morgan fingerprint density at radius 2 is 1.53 bits per heavy atom. The van der Waals surface area contributed by atoms with E-state index in [-0.39, 0.29) is 36.6 Å². The standard InChI is InChI=1S/C29H29Cl2FN2O2/c30-25-11-6-12-26(31)24(25)18-28(35)34(19-21-13-15-22(32)16-14-21)27(17-20-7-2-1-3-8-20)29(36)33-23-9-4-5-10-23/h1-3,6-8,11-16,23,27H,4-5,9-10,17-19H2,(H,33,36). The molecule has 0 aromatic heterocycles.